The Hall–Kier alpha value is -2.22. The molecule has 1 heterocycles. The van der Waals surface area contributed by atoms with Crippen molar-refractivity contribution >= 4 is 5.91 Å². The van der Waals surface area contributed by atoms with Gasteiger partial charge in [-0.3, -0.25) is 9.48 Å². The Kier molecular flexibility index (Phi) is 9.87. The van der Waals surface area contributed by atoms with Gasteiger partial charge in [0.25, 0.3) is 0 Å². The number of carbonyl (C=O) groups excluding carboxylic acids is 1. The van der Waals surface area contributed by atoms with Crippen LogP contribution in [0.5, 0.6) is 0 Å². The summed E-state index contributed by atoms with van der Waals surface area (Å²) >= 11 is 0. The maximum atomic E-state index is 13.0. The molecule has 0 saturated heterocycles. The van der Waals surface area contributed by atoms with Gasteiger partial charge in [-0.1, -0.05) is 45.0 Å². The van der Waals surface area contributed by atoms with Gasteiger partial charge < -0.3 is 19.1 Å². The highest BCUT2D eigenvalue weighted by Gasteiger charge is 2.31. The van der Waals surface area contributed by atoms with Crippen LogP contribution >= 0.6 is 0 Å². The monoisotopic (exact) mass is 445 g/mol. The number of amides is 1. The lowest BCUT2D eigenvalue weighted by Crippen LogP contribution is -2.49. The van der Waals surface area contributed by atoms with Crippen molar-refractivity contribution in [3.63, 3.8) is 0 Å². The van der Waals surface area contributed by atoms with Crippen molar-refractivity contribution in [3.05, 3.63) is 42.2 Å². The average molecular weight is 446 g/mol. The highest BCUT2D eigenvalue weighted by Crippen LogP contribution is 2.25. The van der Waals surface area contributed by atoms with Gasteiger partial charge in [0, 0.05) is 39.1 Å². The van der Waals surface area contributed by atoms with Crippen LogP contribution in [0, 0.1) is 5.41 Å². The highest BCUT2D eigenvalue weighted by molar-refractivity contribution is 5.76. The summed E-state index contributed by atoms with van der Waals surface area (Å²) in [5, 5.41) is 4.24. The minimum absolute atomic E-state index is 0.0398. The maximum absolute atomic E-state index is 13.0. The molecule has 0 aliphatic rings. The molecule has 7 nitrogen and oxygen atoms in total. The Morgan fingerprint density at radius 3 is 2.47 bits per heavy atom. The number of aryl methyl sites for hydroxylation is 1. The molecule has 0 saturated carbocycles. The van der Waals surface area contributed by atoms with Gasteiger partial charge in [-0.2, -0.15) is 5.10 Å². The lowest BCUT2D eigenvalue weighted by molar-refractivity contribution is -0.153. The standard InChI is InChI=1S/C25H39N3O4/c1-19(25(2,3)4)28(18-24(30-6)31-7)23(29)12-14-32-13-11-20-9-8-10-21(15-20)22-16-26-27(5)17-22/h8-10,15-17,19,24H,11-14,18H2,1-7H3/t19-/m1/s1. The number of carbonyl (C=O) groups is 1. The number of ether oxygens (including phenoxy) is 3. The molecule has 0 aliphatic carbocycles. The third kappa shape index (κ3) is 7.73. The number of hydrogen-bond donors (Lipinski definition) is 0. The van der Waals surface area contributed by atoms with E-state index in [1.54, 1.807) is 18.9 Å². The number of methoxy groups -OCH3 is 2. The summed E-state index contributed by atoms with van der Waals surface area (Å²) in [7, 11) is 5.09. The third-order valence-corrected chi connectivity index (χ3v) is 5.87. The van der Waals surface area contributed by atoms with Crippen LogP contribution in [0.1, 0.15) is 39.7 Å². The molecule has 0 fully saturated rings. The van der Waals surface area contributed by atoms with Gasteiger partial charge in [0.15, 0.2) is 6.29 Å². The molecule has 0 bridgehead atoms. The molecule has 2 rings (SSSR count). The molecule has 0 aliphatic heterocycles. The molecule has 0 unspecified atom stereocenters. The van der Waals surface area contributed by atoms with E-state index < -0.39 is 6.29 Å². The van der Waals surface area contributed by atoms with E-state index in [4.69, 9.17) is 14.2 Å². The Morgan fingerprint density at radius 1 is 1.16 bits per heavy atom. The predicted molar refractivity (Wildman–Crippen MR) is 126 cm³/mol. The summed E-state index contributed by atoms with van der Waals surface area (Å²) < 4.78 is 18.3. The van der Waals surface area contributed by atoms with Crippen LogP contribution in [-0.2, 0) is 32.5 Å². The predicted octanol–water partition coefficient (Wildman–Crippen LogP) is 3.92. The summed E-state index contributed by atoms with van der Waals surface area (Å²) in [6.45, 7) is 9.80. The van der Waals surface area contributed by atoms with Gasteiger partial charge in [-0.25, -0.2) is 0 Å². The second-order valence-electron chi connectivity index (χ2n) is 9.20. The van der Waals surface area contributed by atoms with Gasteiger partial charge in [0.2, 0.25) is 5.91 Å². The molecule has 1 atom stereocenters. The van der Waals surface area contributed by atoms with E-state index in [0.717, 1.165) is 17.5 Å². The zero-order valence-electron chi connectivity index (χ0n) is 20.6. The van der Waals surface area contributed by atoms with E-state index in [1.807, 2.05) is 24.3 Å². The van der Waals surface area contributed by atoms with Crippen molar-refractivity contribution in [3.8, 4) is 11.1 Å². The van der Waals surface area contributed by atoms with Crippen LogP contribution in [0.2, 0.25) is 0 Å². The van der Waals surface area contributed by atoms with Crippen molar-refractivity contribution in [2.45, 2.75) is 52.9 Å². The maximum Gasteiger partial charge on any atom is 0.225 e. The van der Waals surface area contributed by atoms with Crippen LogP contribution < -0.4 is 0 Å². The normalized spacial score (nSPS) is 12.9. The largest absolute Gasteiger partial charge is 0.381 e. The van der Waals surface area contributed by atoms with Crippen molar-refractivity contribution in [1.82, 2.24) is 14.7 Å². The zero-order valence-corrected chi connectivity index (χ0v) is 20.6. The smallest absolute Gasteiger partial charge is 0.225 e. The minimum atomic E-state index is -0.447. The quantitative estimate of drug-likeness (QED) is 0.366. The Balaban J connectivity index is 1.85. The molecule has 178 valence electrons. The molecule has 32 heavy (non-hydrogen) atoms. The van der Waals surface area contributed by atoms with Crippen molar-refractivity contribution in [2.75, 3.05) is 34.0 Å². The SMILES string of the molecule is COC(CN(C(=O)CCOCCc1cccc(-c2cnn(C)c2)c1)[C@H](C)C(C)(C)C)OC. The molecule has 0 spiro atoms. The molecule has 1 aromatic carbocycles. The second kappa shape index (κ2) is 12.1. The first-order chi connectivity index (χ1) is 15.2. The fourth-order valence-corrected chi connectivity index (χ4v) is 3.42. The van der Waals surface area contributed by atoms with Gasteiger partial charge >= 0.3 is 0 Å². The van der Waals surface area contributed by atoms with Gasteiger partial charge in [0.05, 0.1) is 32.4 Å². The number of aromatic nitrogens is 2. The van der Waals surface area contributed by atoms with Crippen molar-refractivity contribution in [2.24, 2.45) is 12.5 Å². The molecule has 2 aromatic rings. The van der Waals surface area contributed by atoms with E-state index in [0.29, 0.717) is 26.2 Å². The van der Waals surface area contributed by atoms with Crippen molar-refractivity contribution in [1.29, 1.82) is 0 Å². The fraction of sp³-hybridized carbons (Fsp3) is 0.600. The number of hydrogen-bond acceptors (Lipinski definition) is 5. The topological polar surface area (TPSA) is 65.8 Å². The Morgan fingerprint density at radius 2 is 1.88 bits per heavy atom. The van der Waals surface area contributed by atoms with E-state index in [-0.39, 0.29) is 17.4 Å². The first-order valence-corrected chi connectivity index (χ1v) is 11.2. The van der Waals surface area contributed by atoms with E-state index >= 15 is 0 Å². The molecule has 0 N–H and O–H groups in total. The molecule has 7 heteroatoms. The molecule has 0 radical (unpaired) electrons. The van der Waals surface area contributed by atoms with Crippen LogP contribution in [0.4, 0.5) is 0 Å². The van der Waals surface area contributed by atoms with Crippen LogP contribution in [-0.4, -0.2) is 66.9 Å². The number of rotatable bonds is 12. The summed E-state index contributed by atoms with van der Waals surface area (Å²) in [5.41, 5.74) is 3.38. The first-order valence-electron chi connectivity index (χ1n) is 11.2. The van der Waals surface area contributed by atoms with E-state index in [1.165, 1.54) is 5.56 Å². The van der Waals surface area contributed by atoms with Crippen LogP contribution in [0.25, 0.3) is 11.1 Å². The average Bonchev–Trinajstić information content (AvgIpc) is 3.20. The summed E-state index contributed by atoms with van der Waals surface area (Å²) in [4.78, 5) is 14.8. The van der Waals surface area contributed by atoms with Crippen LogP contribution in [0.15, 0.2) is 36.7 Å². The first kappa shape index (κ1) is 26.0. The van der Waals surface area contributed by atoms with Gasteiger partial charge in [0.1, 0.15) is 0 Å². The zero-order chi connectivity index (χ0) is 23.7. The van der Waals surface area contributed by atoms with Gasteiger partial charge in [-0.05, 0) is 29.9 Å². The van der Waals surface area contributed by atoms with E-state index in [2.05, 4.69) is 57.1 Å². The Labute approximate surface area is 192 Å². The molecular formula is C25H39N3O4. The Bertz CT molecular complexity index is 840. The molecule has 1 amide bonds. The third-order valence-electron chi connectivity index (χ3n) is 5.87. The summed E-state index contributed by atoms with van der Waals surface area (Å²) in [6, 6.07) is 8.43. The number of benzene rings is 1. The molecule has 1 aromatic heterocycles. The van der Waals surface area contributed by atoms with E-state index in [9.17, 15) is 4.79 Å². The van der Waals surface area contributed by atoms with Crippen molar-refractivity contribution < 1.29 is 19.0 Å². The molecular weight excluding hydrogens is 406 g/mol. The summed E-state index contributed by atoms with van der Waals surface area (Å²) in [6.07, 6.45) is 4.54. The minimum Gasteiger partial charge on any atom is -0.381 e. The lowest BCUT2D eigenvalue weighted by Gasteiger charge is -2.39. The highest BCUT2D eigenvalue weighted by atomic mass is 16.7. The lowest BCUT2D eigenvalue weighted by atomic mass is 9.86. The van der Waals surface area contributed by atoms with Gasteiger partial charge in [-0.15, -0.1) is 0 Å². The fourth-order valence-electron chi connectivity index (χ4n) is 3.42. The van der Waals surface area contributed by atoms with Crippen LogP contribution in [0.3, 0.4) is 0 Å². The summed E-state index contributed by atoms with van der Waals surface area (Å²) in [5.74, 6) is 0.0464. The number of nitrogens with zero attached hydrogens (tertiary/aromatic N) is 3. The second-order valence-corrected chi connectivity index (χ2v) is 9.20.